The van der Waals surface area contributed by atoms with Gasteiger partial charge in [0.1, 0.15) is 5.75 Å². The molecule has 0 saturated carbocycles. The fraction of sp³-hybridized carbons (Fsp3) is 0.267. The van der Waals surface area contributed by atoms with Crippen LogP contribution in [0, 0.1) is 0 Å². The molecule has 0 saturated heterocycles. The number of nitrogens with one attached hydrogen (secondary N) is 1. The molecule has 2 aromatic rings. The zero-order chi connectivity index (χ0) is 13.5. The molecule has 1 N–H and O–H groups in total. The fourth-order valence-electron chi connectivity index (χ4n) is 1.72. The van der Waals surface area contributed by atoms with Gasteiger partial charge in [-0.15, -0.1) is 0 Å². The summed E-state index contributed by atoms with van der Waals surface area (Å²) in [4.78, 5) is 4.15. The van der Waals surface area contributed by atoms with Crippen LogP contribution in [0.2, 0.25) is 0 Å². The van der Waals surface area contributed by atoms with E-state index >= 15 is 0 Å². The second-order valence-corrected chi connectivity index (χ2v) is 4.02. The molecule has 1 aromatic heterocycles. The van der Waals surface area contributed by atoms with Gasteiger partial charge in [-0.3, -0.25) is 0 Å². The van der Waals surface area contributed by atoms with E-state index < -0.39 is 0 Å². The SMILES string of the molecule is CCOc1cccc(CNc2ccc(OC)nc2)c1. The van der Waals surface area contributed by atoms with Gasteiger partial charge < -0.3 is 14.8 Å². The van der Waals surface area contributed by atoms with E-state index in [1.165, 1.54) is 5.56 Å². The first kappa shape index (κ1) is 13.2. The highest BCUT2D eigenvalue weighted by Crippen LogP contribution is 2.16. The third-order valence-corrected chi connectivity index (χ3v) is 2.65. The highest BCUT2D eigenvalue weighted by atomic mass is 16.5. The van der Waals surface area contributed by atoms with Crippen LogP contribution < -0.4 is 14.8 Å². The topological polar surface area (TPSA) is 43.4 Å². The lowest BCUT2D eigenvalue weighted by Crippen LogP contribution is -2.00. The highest BCUT2D eigenvalue weighted by Gasteiger charge is 1.98. The normalized spacial score (nSPS) is 10.0. The van der Waals surface area contributed by atoms with Crippen molar-refractivity contribution < 1.29 is 9.47 Å². The molecule has 100 valence electrons. The van der Waals surface area contributed by atoms with E-state index in [4.69, 9.17) is 9.47 Å². The molecule has 0 spiro atoms. The molecular formula is C15H18N2O2. The number of hydrogen-bond acceptors (Lipinski definition) is 4. The number of ether oxygens (including phenoxy) is 2. The Labute approximate surface area is 113 Å². The number of aromatic nitrogens is 1. The maximum atomic E-state index is 5.47. The predicted octanol–water partition coefficient (Wildman–Crippen LogP) is 3.10. The molecule has 0 atom stereocenters. The van der Waals surface area contributed by atoms with E-state index in [1.807, 2.05) is 37.3 Å². The van der Waals surface area contributed by atoms with Crippen molar-refractivity contribution in [1.29, 1.82) is 0 Å². The first-order valence-electron chi connectivity index (χ1n) is 6.27. The average Bonchev–Trinajstić information content (AvgIpc) is 2.46. The van der Waals surface area contributed by atoms with Gasteiger partial charge in [-0.05, 0) is 30.7 Å². The van der Waals surface area contributed by atoms with Crippen LogP contribution in [0.3, 0.4) is 0 Å². The number of methoxy groups -OCH3 is 1. The molecule has 0 radical (unpaired) electrons. The zero-order valence-electron chi connectivity index (χ0n) is 11.2. The maximum absolute atomic E-state index is 5.47. The summed E-state index contributed by atoms with van der Waals surface area (Å²) in [5.41, 5.74) is 2.13. The summed E-state index contributed by atoms with van der Waals surface area (Å²) in [6, 6.07) is 11.8. The van der Waals surface area contributed by atoms with Crippen LogP contribution in [0.4, 0.5) is 5.69 Å². The summed E-state index contributed by atoms with van der Waals surface area (Å²) < 4.78 is 10.5. The van der Waals surface area contributed by atoms with Gasteiger partial charge >= 0.3 is 0 Å². The van der Waals surface area contributed by atoms with Gasteiger partial charge in [-0.1, -0.05) is 12.1 Å². The molecule has 1 aromatic carbocycles. The van der Waals surface area contributed by atoms with Gasteiger partial charge in [-0.25, -0.2) is 4.98 Å². The summed E-state index contributed by atoms with van der Waals surface area (Å²) in [6.45, 7) is 3.39. The third-order valence-electron chi connectivity index (χ3n) is 2.65. The fourth-order valence-corrected chi connectivity index (χ4v) is 1.72. The molecule has 0 bridgehead atoms. The second kappa shape index (κ2) is 6.64. The van der Waals surface area contributed by atoms with E-state index in [9.17, 15) is 0 Å². The van der Waals surface area contributed by atoms with Gasteiger partial charge in [0, 0.05) is 12.6 Å². The molecule has 2 rings (SSSR count). The number of pyridine rings is 1. The van der Waals surface area contributed by atoms with Crippen LogP contribution in [0.1, 0.15) is 12.5 Å². The smallest absolute Gasteiger partial charge is 0.213 e. The van der Waals surface area contributed by atoms with Crippen LogP contribution >= 0.6 is 0 Å². The number of anilines is 1. The van der Waals surface area contributed by atoms with Crippen molar-refractivity contribution in [2.75, 3.05) is 19.0 Å². The van der Waals surface area contributed by atoms with Gasteiger partial charge in [0.05, 0.1) is 25.6 Å². The van der Waals surface area contributed by atoms with E-state index in [2.05, 4.69) is 16.4 Å². The molecule has 0 fully saturated rings. The highest BCUT2D eigenvalue weighted by molar-refractivity contribution is 5.43. The summed E-state index contributed by atoms with van der Waals surface area (Å²) in [6.07, 6.45) is 1.76. The minimum Gasteiger partial charge on any atom is -0.494 e. The molecule has 4 nitrogen and oxygen atoms in total. The van der Waals surface area contributed by atoms with Crippen molar-refractivity contribution in [2.24, 2.45) is 0 Å². The molecule has 1 heterocycles. The van der Waals surface area contributed by atoms with E-state index in [-0.39, 0.29) is 0 Å². The van der Waals surface area contributed by atoms with Crippen LogP contribution in [0.25, 0.3) is 0 Å². The Hall–Kier alpha value is -2.23. The minimum atomic E-state index is 0.615. The van der Waals surface area contributed by atoms with Crippen LogP contribution in [0.5, 0.6) is 11.6 Å². The first-order valence-corrected chi connectivity index (χ1v) is 6.27. The Morgan fingerprint density at radius 1 is 1.21 bits per heavy atom. The Morgan fingerprint density at radius 2 is 2.11 bits per heavy atom. The molecule has 0 unspecified atom stereocenters. The summed E-state index contributed by atoms with van der Waals surface area (Å²) >= 11 is 0. The lowest BCUT2D eigenvalue weighted by Gasteiger charge is -2.08. The Morgan fingerprint density at radius 3 is 2.79 bits per heavy atom. The van der Waals surface area contributed by atoms with Crippen LogP contribution in [0.15, 0.2) is 42.6 Å². The molecule has 0 aliphatic rings. The standard InChI is InChI=1S/C15H18N2O2/c1-3-19-14-6-4-5-12(9-14)10-16-13-7-8-15(18-2)17-11-13/h4-9,11,16H,3,10H2,1-2H3. The lowest BCUT2D eigenvalue weighted by atomic mass is 10.2. The van der Waals surface area contributed by atoms with Gasteiger partial charge in [0.25, 0.3) is 0 Å². The molecule has 0 amide bonds. The van der Waals surface area contributed by atoms with Crippen molar-refractivity contribution in [3.63, 3.8) is 0 Å². The van der Waals surface area contributed by atoms with E-state index in [0.717, 1.165) is 18.0 Å². The number of hydrogen-bond donors (Lipinski definition) is 1. The molecular weight excluding hydrogens is 240 g/mol. The summed E-state index contributed by atoms with van der Waals surface area (Å²) in [7, 11) is 1.61. The van der Waals surface area contributed by atoms with E-state index in [0.29, 0.717) is 12.5 Å². The van der Waals surface area contributed by atoms with Gasteiger partial charge in [0.15, 0.2) is 0 Å². The number of nitrogens with zero attached hydrogens (tertiary/aromatic N) is 1. The number of benzene rings is 1. The van der Waals surface area contributed by atoms with Crippen molar-refractivity contribution in [2.45, 2.75) is 13.5 Å². The zero-order valence-corrected chi connectivity index (χ0v) is 11.2. The Kier molecular flexibility index (Phi) is 4.61. The van der Waals surface area contributed by atoms with Crippen molar-refractivity contribution in [3.05, 3.63) is 48.2 Å². The summed E-state index contributed by atoms with van der Waals surface area (Å²) in [5, 5.41) is 3.31. The third kappa shape index (κ3) is 3.88. The monoisotopic (exact) mass is 258 g/mol. The quantitative estimate of drug-likeness (QED) is 0.864. The van der Waals surface area contributed by atoms with E-state index in [1.54, 1.807) is 13.3 Å². The van der Waals surface area contributed by atoms with Gasteiger partial charge in [-0.2, -0.15) is 0 Å². The van der Waals surface area contributed by atoms with Gasteiger partial charge in [0.2, 0.25) is 5.88 Å². The largest absolute Gasteiger partial charge is 0.494 e. The molecule has 4 heteroatoms. The number of rotatable bonds is 6. The average molecular weight is 258 g/mol. The Bertz CT molecular complexity index is 512. The predicted molar refractivity (Wildman–Crippen MR) is 75.7 cm³/mol. The molecule has 19 heavy (non-hydrogen) atoms. The minimum absolute atomic E-state index is 0.615. The first-order chi connectivity index (χ1) is 9.31. The van der Waals surface area contributed by atoms with Crippen molar-refractivity contribution in [3.8, 4) is 11.6 Å². The molecule has 0 aliphatic heterocycles. The Balaban J connectivity index is 1.95. The molecule has 0 aliphatic carbocycles. The van der Waals surface area contributed by atoms with Crippen LogP contribution in [-0.2, 0) is 6.54 Å². The van der Waals surface area contributed by atoms with Crippen molar-refractivity contribution >= 4 is 5.69 Å². The van der Waals surface area contributed by atoms with Crippen LogP contribution in [-0.4, -0.2) is 18.7 Å². The summed E-state index contributed by atoms with van der Waals surface area (Å²) in [5.74, 6) is 1.51. The maximum Gasteiger partial charge on any atom is 0.213 e. The second-order valence-electron chi connectivity index (χ2n) is 4.02. The van der Waals surface area contributed by atoms with Crippen molar-refractivity contribution in [1.82, 2.24) is 4.98 Å². The lowest BCUT2D eigenvalue weighted by molar-refractivity contribution is 0.340.